The summed E-state index contributed by atoms with van der Waals surface area (Å²) in [5.41, 5.74) is 0. The standard InChI is InChI=1S/C7H6F2/c1-3-4-7(9)5-6(2)8/h1,4-5H,2H3/b6-5+,7-4+. The van der Waals surface area contributed by atoms with E-state index >= 15 is 0 Å². The molecule has 0 saturated heterocycles. The Morgan fingerprint density at radius 1 is 1.56 bits per heavy atom. The van der Waals surface area contributed by atoms with Crippen molar-refractivity contribution in [1.29, 1.82) is 0 Å². The topological polar surface area (TPSA) is 0 Å². The highest BCUT2D eigenvalue weighted by Crippen LogP contribution is 2.02. The summed E-state index contributed by atoms with van der Waals surface area (Å²) < 4.78 is 23.8. The second-order valence-corrected chi connectivity index (χ2v) is 1.43. The molecule has 0 heterocycles. The number of hydrogen-bond acceptors (Lipinski definition) is 0. The van der Waals surface area contributed by atoms with Crippen molar-refractivity contribution in [3.63, 3.8) is 0 Å². The van der Waals surface area contributed by atoms with E-state index in [2.05, 4.69) is 6.42 Å². The van der Waals surface area contributed by atoms with Crippen molar-refractivity contribution in [3.05, 3.63) is 23.8 Å². The number of halogens is 2. The van der Waals surface area contributed by atoms with E-state index in [1.165, 1.54) is 0 Å². The maximum Gasteiger partial charge on any atom is 0.134 e. The van der Waals surface area contributed by atoms with Gasteiger partial charge in [0.15, 0.2) is 0 Å². The maximum atomic E-state index is 12.1. The van der Waals surface area contributed by atoms with Crippen LogP contribution in [0.1, 0.15) is 6.92 Å². The van der Waals surface area contributed by atoms with Crippen LogP contribution in [0, 0.1) is 12.3 Å². The van der Waals surface area contributed by atoms with Gasteiger partial charge in [-0.05, 0) is 6.92 Å². The molecule has 0 aliphatic heterocycles. The second kappa shape index (κ2) is 3.85. The molecule has 0 atom stereocenters. The molecule has 0 saturated carbocycles. The van der Waals surface area contributed by atoms with Gasteiger partial charge in [-0.3, -0.25) is 0 Å². The number of allylic oxidation sites excluding steroid dienone is 4. The summed E-state index contributed by atoms with van der Waals surface area (Å²) in [6, 6.07) is 0. The number of rotatable bonds is 1. The molecule has 9 heavy (non-hydrogen) atoms. The van der Waals surface area contributed by atoms with Gasteiger partial charge < -0.3 is 0 Å². The molecule has 0 radical (unpaired) electrons. The third-order valence-corrected chi connectivity index (χ3v) is 0.558. The van der Waals surface area contributed by atoms with Crippen molar-refractivity contribution >= 4 is 0 Å². The summed E-state index contributed by atoms with van der Waals surface area (Å²) in [5.74, 6) is 0.588. The fraction of sp³-hybridized carbons (Fsp3) is 0.143. The second-order valence-electron chi connectivity index (χ2n) is 1.43. The minimum Gasteiger partial charge on any atom is -0.212 e. The van der Waals surface area contributed by atoms with Gasteiger partial charge in [-0.15, -0.1) is 6.42 Å². The first-order valence-corrected chi connectivity index (χ1v) is 2.32. The van der Waals surface area contributed by atoms with E-state index in [0.29, 0.717) is 0 Å². The van der Waals surface area contributed by atoms with E-state index in [4.69, 9.17) is 0 Å². The number of hydrogen-bond donors (Lipinski definition) is 0. The fourth-order valence-corrected chi connectivity index (χ4v) is 0.311. The van der Waals surface area contributed by atoms with Gasteiger partial charge in [-0.1, -0.05) is 5.92 Å². The molecular weight excluding hydrogens is 122 g/mol. The lowest BCUT2D eigenvalue weighted by Gasteiger charge is -1.81. The van der Waals surface area contributed by atoms with Gasteiger partial charge in [0.2, 0.25) is 0 Å². The highest BCUT2D eigenvalue weighted by atomic mass is 19.1. The van der Waals surface area contributed by atoms with E-state index in [1.54, 1.807) is 0 Å². The Morgan fingerprint density at radius 3 is 2.44 bits per heavy atom. The highest BCUT2D eigenvalue weighted by Gasteiger charge is 1.86. The molecule has 0 aromatic carbocycles. The third kappa shape index (κ3) is 4.76. The predicted octanol–water partition coefficient (Wildman–Crippen LogP) is 2.35. The molecule has 48 valence electrons. The van der Waals surface area contributed by atoms with Crippen molar-refractivity contribution in [2.24, 2.45) is 0 Å². The van der Waals surface area contributed by atoms with Crippen LogP contribution in [-0.2, 0) is 0 Å². The Kier molecular flexibility index (Phi) is 3.38. The molecule has 0 N–H and O–H groups in total. The molecule has 0 rings (SSSR count). The first kappa shape index (κ1) is 7.90. The lowest BCUT2D eigenvalue weighted by Crippen LogP contribution is -1.65. The predicted molar refractivity (Wildman–Crippen MR) is 32.9 cm³/mol. The normalized spacial score (nSPS) is 13.1. The van der Waals surface area contributed by atoms with E-state index in [9.17, 15) is 8.78 Å². The van der Waals surface area contributed by atoms with Gasteiger partial charge in [-0.25, -0.2) is 8.78 Å². The van der Waals surface area contributed by atoms with Crippen LogP contribution < -0.4 is 0 Å². The zero-order chi connectivity index (χ0) is 7.28. The van der Waals surface area contributed by atoms with Gasteiger partial charge in [0.1, 0.15) is 5.83 Å². The Hall–Kier alpha value is -1.10. The Bertz CT molecular complexity index is 178. The van der Waals surface area contributed by atoms with Crippen molar-refractivity contribution < 1.29 is 8.78 Å². The smallest absolute Gasteiger partial charge is 0.134 e. The highest BCUT2D eigenvalue weighted by molar-refractivity contribution is 5.22. The SMILES string of the molecule is C#C/C=C(F)\C=C(/C)F. The first-order chi connectivity index (χ1) is 4.16. The van der Waals surface area contributed by atoms with Crippen molar-refractivity contribution in [3.8, 4) is 12.3 Å². The Morgan fingerprint density at radius 2 is 2.11 bits per heavy atom. The molecule has 0 aliphatic rings. The summed E-state index contributed by atoms with van der Waals surface area (Å²) in [4.78, 5) is 0. The van der Waals surface area contributed by atoms with Crippen LogP contribution >= 0.6 is 0 Å². The minimum absolute atomic E-state index is 0.598. The lowest BCUT2D eigenvalue weighted by atomic mass is 10.4. The summed E-state index contributed by atoms with van der Waals surface area (Å²) in [5, 5.41) is 0. The van der Waals surface area contributed by atoms with Gasteiger partial charge in [0, 0.05) is 12.2 Å². The van der Waals surface area contributed by atoms with Crippen LogP contribution in [0.15, 0.2) is 23.8 Å². The zero-order valence-electron chi connectivity index (χ0n) is 4.99. The van der Waals surface area contributed by atoms with E-state index < -0.39 is 11.7 Å². The van der Waals surface area contributed by atoms with Crippen LogP contribution in [0.5, 0.6) is 0 Å². The molecule has 0 nitrogen and oxygen atoms in total. The minimum atomic E-state index is -0.738. The summed E-state index contributed by atoms with van der Waals surface area (Å²) in [7, 11) is 0. The third-order valence-electron chi connectivity index (χ3n) is 0.558. The van der Waals surface area contributed by atoms with Gasteiger partial charge in [-0.2, -0.15) is 0 Å². The Labute approximate surface area is 52.9 Å². The van der Waals surface area contributed by atoms with Gasteiger partial charge in [0.05, 0.1) is 5.83 Å². The van der Waals surface area contributed by atoms with Crippen LogP contribution in [0.3, 0.4) is 0 Å². The Balaban J connectivity index is 4.11. The van der Waals surface area contributed by atoms with Gasteiger partial charge in [0.25, 0.3) is 0 Å². The molecule has 0 aromatic rings. The molecule has 2 heteroatoms. The molecular formula is C7H6F2. The van der Waals surface area contributed by atoms with Crippen LogP contribution in [0.25, 0.3) is 0 Å². The average Bonchev–Trinajstić information content (AvgIpc) is 1.63. The largest absolute Gasteiger partial charge is 0.212 e. The fourth-order valence-electron chi connectivity index (χ4n) is 0.311. The van der Waals surface area contributed by atoms with Crippen LogP contribution in [-0.4, -0.2) is 0 Å². The summed E-state index contributed by atoms with van der Waals surface area (Å²) in [6.07, 6.45) is 6.26. The zero-order valence-corrected chi connectivity index (χ0v) is 4.99. The summed E-state index contributed by atoms with van der Waals surface area (Å²) in [6.45, 7) is 1.14. The van der Waals surface area contributed by atoms with Crippen molar-refractivity contribution in [2.75, 3.05) is 0 Å². The van der Waals surface area contributed by atoms with E-state index in [-0.39, 0.29) is 0 Å². The summed E-state index contributed by atoms with van der Waals surface area (Å²) >= 11 is 0. The molecule has 0 fully saturated rings. The van der Waals surface area contributed by atoms with E-state index in [1.807, 2.05) is 5.92 Å². The van der Waals surface area contributed by atoms with Gasteiger partial charge >= 0.3 is 0 Å². The lowest BCUT2D eigenvalue weighted by molar-refractivity contribution is 0.615. The van der Waals surface area contributed by atoms with Crippen molar-refractivity contribution in [1.82, 2.24) is 0 Å². The average molecular weight is 128 g/mol. The molecule has 0 spiro atoms. The van der Waals surface area contributed by atoms with Crippen LogP contribution in [0.4, 0.5) is 8.78 Å². The quantitative estimate of drug-likeness (QED) is 0.375. The molecule has 0 aliphatic carbocycles. The molecule has 0 unspecified atom stereocenters. The maximum absolute atomic E-state index is 12.1. The molecule has 0 bridgehead atoms. The number of terminal acetylenes is 1. The first-order valence-electron chi connectivity index (χ1n) is 2.32. The monoisotopic (exact) mass is 128 g/mol. The molecule has 0 aromatic heterocycles. The van der Waals surface area contributed by atoms with E-state index in [0.717, 1.165) is 19.1 Å². The van der Waals surface area contributed by atoms with Crippen molar-refractivity contribution in [2.45, 2.75) is 6.92 Å². The van der Waals surface area contributed by atoms with Crippen LogP contribution in [0.2, 0.25) is 0 Å². The molecule has 0 amide bonds.